The first-order chi connectivity index (χ1) is 6.07. The number of carbonyl (C=O) groups is 1. The standard InChI is InChI=1S/C8H5Cl2FO2/c9-4-1-2-5(11)8(10)7(4)6(13)3-12/h1-2,12H,3H2. The largest absolute Gasteiger partial charge is 0.388 e. The Morgan fingerprint density at radius 1 is 1.46 bits per heavy atom. The predicted octanol–water partition coefficient (Wildman–Crippen LogP) is 2.31. The SMILES string of the molecule is O=C(CO)c1c(Cl)ccc(F)c1Cl. The summed E-state index contributed by atoms with van der Waals surface area (Å²) in [6, 6.07) is 2.27. The highest BCUT2D eigenvalue weighted by atomic mass is 35.5. The fourth-order valence-corrected chi connectivity index (χ4v) is 1.44. The lowest BCUT2D eigenvalue weighted by molar-refractivity contribution is 0.0903. The lowest BCUT2D eigenvalue weighted by Crippen LogP contribution is -2.06. The fourth-order valence-electron chi connectivity index (χ4n) is 0.862. The van der Waals surface area contributed by atoms with Gasteiger partial charge in [0.2, 0.25) is 0 Å². The van der Waals surface area contributed by atoms with E-state index in [-0.39, 0.29) is 15.6 Å². The van der Waals surface area contributed by atoms with Gasteiger partial charge in [-0.3, -0.25) is 4.79 Å². The van der Waals surface area contributed by atoms with E-state index >= 15 is 0 Å². The molecule has 0 aliphatic heterocycles. The molecule has 0 fully saturated rings. The van der Waals surface area contributed by atoms with E-state index < -0.39 is 18.2 Å². The Balaban J connectivity index is 3.33. The molecule has 0 saturated heterocycles. The number of halogens is 3. The van der Waals surface area contributed by atoms with Crippen LogP contribution in [0.15, 0.2) is 12.1 Å². The summed E-state index contributed by atoms with van der Waals surface area (Å²) in [5, 5.41) is 8.22. The molecule has 0 saturated carbocycles. The quantitative estimate of drug-likeness (QED) is 0.616. The van der Waals surface area contributed by atoms with Crippen LogP contribution in [0.1, 0.15) is 10.4 Å². The third kappa shape index (κ3) is 1.99. The average molecular weight is 223 g/mol. The molecular formula is C8H5Cl2FO2. The van der Waals surface area contributed by atoms with Gasteiger partial charge in [0.1, 0.15) is 12.4 Å². The van der Waals surface area contributed by atoms with Crippen LogP contribution in [0.4, 0.5) is 4.39 Å². The number of hydrogen-bond acceptors (Lipinski definition) is 2. The van der Waals surface area contributed by atoms with Crippen LogP contribution in [-0.4, -0.2) is 17.5 Å². The molecule has 0 bridgehead atoms. The van der Waals surface area contributed by atoms with Crippen LogP contribution < -0.4 is 0 Å². The van der Waals surface area contributed by atoms with Crippen LogP contribution >= 0.6 is 23.2 Å². The zero-order valence-corrected chi connectivity index (χ0v) is 7.86. The molecule has 1 N–H and O–H groups in total. The first-order valence-electron chi connectivity index (χ1n) is 3.35. The molecule has 0 aliphatic carbocycles. The van der Waals surface area contributed by atoms with Crippen molar-refractivity contribution in [2.45, 2.75) is 0 Å². The van der Waals surface area contributed by atoms with Gasteiger partial charge in [-0.25, -0.2) is 4.39 Å². The Hall–Kier alpha value is -0.640. The van der Waals surface area contributed by atoms with E-state index in [9.17, 15) is 9.18 Å². The number of hydrogen-bond donors (Lipinski definition) is 1. The van der Waals surface area contributed by atoms with Gasteiger partial charge in [0, 0.05) is 0 Å². The molecule has 0 unspecified atom stereocenters. The summed E-state index contributed by atoms with van der Waals surface area (Å²) in [7, 11) is 0. The number of aliphatic hydroxyl groups excluding tert-OH is 1. The maximum atomic E-state index is 12.8. The molecule has 0 amide bonds. The van der Waals surface area contributed by atoms with E-state index in [0.717, 1.165) is 6.07 Å². The molecule has 0 aliphatic rings. The maximum absolute atomic E-state index is 12.8. The summed E-state index contributed by atoms with van der Waals surface area (Å²) in [5.74, 6) is -1.43. The molecule has 0 aromatic heterocycles. The number of ketones is 1. The molecule has 5 heteroatoms. The summed E-state index contributed by atoms with van der Waals surface area (Å²) in [4.78, 5) is 11.0. The molecule has 13 heavy (non-hydrogen) atoms. The number of Topliss-reactive ketones (excluding diaryl/α,β-unsaturated/α-hetero) is 1. The zero-order valence-electron chi connectivity index (χ0n) is 6.35. The number of benzene rings is 1. The Morgan fingerprint density at radius 3 is 2.62 bits per heavy atom. The van der Waals surface area contributed by atoms with Crippen molar-refractivity contribution in [3.63, 3.8) is 0 Å². The summed E-state index contributed by atoms with van der Waals surface area (Å²) < 4.78 is 12.8. The minimum Gasteiger partial charge on any atom is -0.388 e. The number of rotatable bonds is 2. The molecule has 0 radical (unpaired) electrons. The first kappa shape index (κ1) is 10.4. The topological polar surface area (TPSA) is 37.3 Å². The summed E-state index contributed by atoms with van der Waals surface area (Å²) in [5.41, 5.74) is -0.175. The first-order valence-corrected chi connectivity index (χ1v) is 4.11. The van der Waals surface area contributed by atoms with Crippen molar-refractivity contribution in [2.24, 2.45) is 0 Å². The third-order valence-electron chi connectivity index (χ3n) is 1.47. The monoisotopic (exact) mass is 222 g/mol. The van der Waals surface area contributed by atoms with Crippen molar-refractivity contribution < 1.29 is 14.3 Å². The highest BCUT2D eigenvalue weighted by Gasteiger charge is 2.16. The highest BCUT2D eigenvalue weighted by molar-refractivity contribution is 6.40. The van der Waals surface area contributed by atoms with Crippen molar-refractivity contribution in [1.82, 2.24) is 0 Å². The van der Waals surface area contributed by atoms with Crippen molar-refractivity contribution in [1.29, 1.82) is 0 Å². The number of carbonyl (C=O) groups excluding carboxylic acids is 1. The van der Waals surface area contributed by atoms with Crippen LogP contribution in [0.5, 0.6) is 0 Å². The molecule has 0 atom stereocenters. The van der Waals surface area contributed by atoms with Gasteiger partial charge in [-0.2, -0.15) is 0 Å². The highest BCUT2D eigenvalue weighted by Crippen LogP contribution is 2.27. The van der Waals surface area contributed by atoms with Gasteiger partial charge in [0.25, 0.3) is 0 Å². The third-order valence-corrected chi connectivity index (χ3v) is 2.15. The van der Waals surface area contributed by atoms with E-state index in [1.807, 2.05) is 0 Å². The van der Waals surface area contributed by atoms with Crippen molar-refractivity contribution in [2.75, 3.05) is 6.61 Å². The van der Waals surface area contributed by atoms with Crippen LogP contribution in [0.2, 0.25) is 10.0 Å². The Labute approximate surface area is 83.9 Å². The smallest absolute Gasteiger partial charge is 0.191 e. The van der Waals surface area contributed by atoms with Gasteiger partial charge in [0.15, 0.2) is 5.78 Å². The van der Waals surface area contributed by atoms with Gasteiger partial charge in [0.05, 0.1) is 15.6 Å². The predicted molar refractivity (Wildman–Crippen MR) is 47.8 cm³/mol. The molecule has 70 valence electrons. The molecule has 0 heterocycles. The van der Waals surface area contributed by atoms with Crippen molar-refractivity contribution >= 4 is 29.0 Å². The van der Waals surface area contributed by atoms with E-state index in [0.29, 0.717) is 0 Å². The van der Waals surface area contributed by atoms with E-state index in [2.05, 4.69) is 0 Å². The van der Waals surface area contributed by atoms with Crippen LogP contribution in [-0.2, 0) is 0 Å². The van der Waals surface area contributed by atoms with E-state index in [1.165, 1.54) is 6.07 Å². The summed E-state index contributed by atoms with van der Waals surface area (Å²) in [6.07, 6.45) is 0. The maximum Gasteiger partial charge on any atom is 0.191 e. The van der Waals surface area contributed by atoms with Gasteiger partial charge in [-0.15, -0.1) is 0 Å². The second-order valence-corrected chi connectivity index (χ2v) is 3.08. The molecule has 1 aromatic rings. The summed E-state index contributed by atoms with van der Waals surface area (Å²) in [6.45, 7) is -0.747. The molecule has 1 aromatic carbocycles. The van der Waals surface area contributed by atoms with Crippen LogP contribution in [0.25, 0.3) is 0 Å². The minimum atomic E-state index is -0.747. The Morgan fingerprint density at radius 2 is 2.08 bits per heavy atom. The van der Waals surface area contributed by atoms with E-state index in [4.69, 9.17) is 28.3 Å². The van der Waals surface area contributed by atoms with Gasteiger partial charge < -0.3 is 5.11 Å². The van der Waals surface area contributed by atoms with Gasteiger partial charge in [-0.05, 0) is 12.1 Å². The normalized spacial score (nSPS) is 10.2. The lowest BCUT2D eigenvalue weighted by Gasteiger charge is -2.04. The van der Waals surface area contributed by atoms with E-state index in [1.54, 1.807) is 0 Å². The zero-order chi connectivity index (χ0) is 10.0. The second kappa shape index (κ2) is 4.05. The van der Waals surface area contributed by atoms with Gasteiger partial charge in [-0.1, -0.05) is 23.2 Å². The van der Waals surface area contributed by atoms with Crippen molar-refractivity contribution in [3.8, 4) is 0 Å². The minimum absolute atomic E-state index is 0.0328. The summed E-state index contributed by atoms with van der Waals surface area (Å²) >= 11 is 11.1. The fraction of sp³-hybridized carbons (Fsp3) is 0.125. The molecule has 2 nitrogen and oxygen atoms in total. The van der Waals surface area contributed by atoms with Crippen LogP contribution in [0.3, 0.4) is 0 Å². The Bertz CT molecular complexity index is 352. The van der Waals surface area contributed by atoms with Gasteiger partial charge >= 0.3 is 0 Å². The average Bonchev–Trinajstić information content (AvgIpc) is 2.12. The number of aliphatic hydroxyl groups is 1. The molecule has 1 rings (SSSR count). The molecular weight excluding hydrogens is 218 g/mol. The molecule has 0 spiro atoms. The van der Waals surface area contributed by atoms with Crippen molar-refractivity contribution in [3.05, 3.63) is 33.6 Å². The second-order valence-electron chi connectivity index (χ2n) is 2.30. The van der Waals surface area contributed by atoms with Crippen LogP contribution in [0, 0.1) is 5.82 Å². The lowest BCUT2D eigenvalue weighted by atomic mass is 10.1. The Kier molecular flexibility index (Phi) is 3.25.